The van der Waals surface area contributed by atoms with Gasteiger partial charge in [0.1, 0.15) is 17.4 Å². The minimum atomic E-state index is -0.286. The van der Waals surface area contributed by atoms with Gasteiger partial charge in [0.15, 0.2) is 5.69 Å². The molecule has 7 heteroatoms. The quantitative estimate of drug-likeness (QED) is 0.929. The fourth-order valence-electron chi connectivity index (χ4n) is 2.70. The minimum absolute atomic E-state index is 0.270. The molecule has 1 aliphatic rings. The molecule has 122 valence electrons. The Hall–Kier alpha value is -2.44. The van der Waals surface area contributed by atoms with E-state index in [1.165, 1.54) is 19.3 Å². The molecule has 0 radical (unpaired) electrons. The fraction of sp³-hybridized carbons (Fsp3) is 0.500. The lowest BCUT2D eigenvalue weighted by atomic mass is 10.1. The Kier molecular flexibility index (Phi) is 4.55. The Morgan fingerprint density at radius 1 is 1.22 bits per heavy atom. The molecule has 23 heavy (non-hydrogen) atoms. The lowest BCUT2D eigenvalue weighted by Crippen LogP contribution is -2.31. The van der Waals surface area contributed by atoms with E-state index in [2.05, 4.69) is 25.3 Å². The Morgan fingerprint density at radius 2 is 2.00 bits per heavy atom. The van der Waals surface area contributed by atoms with Crippen molar-refractivity contribution in [2.75, 3.05) is 18.0 Å². The first-order chi connectivity index (χ1) is 11.1. The van der Waals surface area contributed by atoms with E-state index in [0.717, 1.165) is 24.6 Å². The molecule has 7 nitrogen and oxygen atoms in total. The predicted octanol–water partition coefficient (Wildman–Crippen LogP) is 2.00. The van der Waals surface area contributed by atoms with Crippen molar-refractivity contribution in [1.29, 1.82) is 0 Å². The average molecular weight is 315 g/mol. The molecule has 0 spiro atoms. The molecular weight excluding hydrogens is 294 g/mol. The van der Waals surface area contributed by atoms with Crippen LogP contribution in [0.1, 0.15) is 47.0 Å². The first-order valence-corrected chi connectivity index (χ1v) is 7.93. The summed E-state index contributed by atoms with van der Waals surface area (Å²) in [5.74, 6) is 1.87. The number of carbonyl (C=O) groups excluding carboxylic acids is 1. The van der Waals surface area contributed by atoms with Gasteiger partial charge in [0.25, 0.3) is 5.91 Å². The van der Waals surface area contributed by atoms with E-state index in [4.69, 9.17) is 4.52 Å². The van der Waals surface area contributed by atoms with E-state index < -0.39 is 0 Å². The van der Waals surface area contributed by atoms with Crippen molar-refractivity contribution in [2.45, 2.75) is 39.7 Å². The first kappa shape index (κ1) is 15.5. The average Bonchev–Trinajstić information content (AvgIpc) is 2.99. The number of nitrogens with zero attached hydrogens (tertiary/aromatic N) is 4. The molecule has 2 aromatic heterocycles. The molecule has 1 aliphatic heterocycles. The number of amides is 1. The second kappa shape index (κ2) is 6.76. The molecule has 1 fully saturated rings. The predicted molar refractivity (Wildman–Crippen MR) is 85.2 cm³/mol. The van der Waals surface area contributed by atoms with Gasteiger partial charge in [-0.05, 0) is 33.1 Å². The van der Waals surface area contributed by atoms with E-state index in [-0.39, 0.29) is 18.1 Å². The fourth-order valence-corrected chi connectivity index (χ4v) is 2.70. The third-order valence-electron chi connectivity index (χ3n) is 3.83. The maximum Gasteiger partial charge on any atom is 0.273 e. The summed E-state index contributed by atoms with van der Waals surface area (Å²) in [5.41, 5.74) is 1.17. The summed E-state index contributed by atoms with van der Waals surface area (Å²) < 4.78 is 4.91. The molecule has 0 atom stereocenters. The lowest BCUT2D eigenvalue weighted by molar-refractivity contribution is 0.0940. The number of nitrogens with one attached hydrogen (secondary N) is 1. The summed E-state index contributed by atoms with van der Waals surface area (Å²) in [6, 6.07) is 3.60. The molecule has 0 aromatic carbocycles. The van der Waals surface area contributed by atoms with Crippen LogP contribution >= 0.6 is 0 Å². The number of rotatable bonds is 4. The van der Waals surface area contributed by atoms with Gasteiger partial charge in [-0.2, -0.15) is 0 Å². The van der Waals surface area contributed by atoms with Crippen LogP contribution in [0.15, 0.2) is 16.7 Å². The van der Waals surface area contributed by atoms with Gasteiger partial charge >= 0.3 is 0 Å². The molecule has 2 aromatic rings. The van der Waals surface area contributed by atoms with Crippen LogP contribution in [0.2, 0.25) is 0 Å². The highest BCUT2D eigenvalue weighted by molar-refractivity contribution is 5.92. The Balaban J connectivity index is 1.67. The largest absolute Gasteiger partial charge is 0.361 e. The summed E-state index contributed by atoms with van der Waals surface area (Å²) in [6.07, 6.45) is 3.67. The van der Waals surface area contributed by atoms with Gasteiger partial charge < -0.3 is 14.7 Å². The highest BCUT2D eigenvalue weighted by Gasteiger charge is 2.15. The zero-order chi connectivity index (χ0) is 16.2. The van der Waals surface area contributed by atoms with E-state index in [0.29, 0.717) is 11.6 Å². The third kappa shape index (κ3) is 3.85. The second-order valence-corrected chi connectivity index (χ2v) is 5.84. The normalized spacial score (nSPS) is 14.8. The van der Waals surface area contributed by atoms with Gasteiger partial charge in [-0.15, -0.1) is 0 Å². The van der Waals surface area contributed by atoms with Crippen LogP contribution in [0, 0.1) is 13.8 Å². The number of anilines is 1. The van der Waals surface area contributed by atoms with Crippen molar-refractivity contribution in [3.05, 3.63) is 35.1 Å². The zero-order valence-electron chi connectivity index (χ0n) is 13.5. The van der Waals surface area contributed by atoms with Crippen LogP contribution in [-0.4, -0.2) is 34.1 Å². The van der Waals surface area contributed by atoms with Gasteiger partial charge in [-0.25, -0.2) is 9.97 Å². The number of hydrogen-bond donors (Lipinski definition) is 1. The van der Waals surface area contributed by atoms with E-state index in [9.17, 15) is 4.79 Å². The standard InChI is InChI=1S/C16H21N5O2/c1-11-8-15(21-6-4-3-5-7-21)19-14(18-11)10-17-16(22)13-9-12(2)23-20-13/h8-9H,3-7,10H2,1-2H3,(H,17,22). The van der Waals surface area contributed by atoms with Crippen molar-refractivity contribution >= 4 is 11.7 Å². The summed E-state index contributed by atoms with van der Waals surface area (Å²) in [6.45, 7) is 6.02. The van der Waals surface area contributed by atoms with Crippen LogP contribution in [0.25, 0.3) is 0 Å². The van der Waals surface area contributed by atoms with E-state index >= 15 is 0 Å². The molecule has 3 heterocycles. The molecule has 0 aliphatic carbocycles. The number of aromatic nitrogens is 3. The summed E-state index contributed by atoms with van der Waals surface area (Å²) >= 11 is 0. The highest BCUT2D eigenvalue weighted by atomic mass is 16.5. The summed E-state index contributed by atoms with van der Waals surface area (Å²) in [4.78, 5) is 23.3. The molecule has 0 unspecified atom stereocenters. The van der Waals surface area contributed by atoms with Gasteiger partial charge in [0.05, 0.1) is 6.54 Å². The first-order valence-electron chi connectivity index (χ1n) is 7.93. The van der Waals surface area contributed by atoms with Gasteiger partial charge in [-0.1, -0.05) is 5.16 Å². The van der Waals surface area contributed by atoms with Crippen molar-refractivity contribution in [3.63, 3.8) is 0 Å². The monoisotopic (exact) mass is 315 g/mol. The van der Waals surface area contributed by atoms with Gasteiger partial charge in [0, 0.05) is 30.9 Å². The van der Waals surface area contributed by atoms with Crippen molar-refractivity contribution < 1.29 is 9.32 Å². The van der Waals surface area contributed by atoms with Gasteiger partial charge in [-0.3, -0.25) is 4.79 Å². The second-order valence-electron chi connectivity index (χ2n) is 5.84. The summed E-state index contributed by atoms with van der Waals surface area (Å²) in [5, 5.41) is 6.48. The number of piperidine rings is 1. The lowest BCUT2D eigenvalue weighted by Gasteiger charge is -2.28. The molecule has 3 rings (SSSR count). The highest BCUT2D eigenvalue weighted by Crippen LogP contribution is 2.18. The molecule has 1 amide bonds. The maximum atomic E-state index is 12.0. The molecule has 1 N–H and O–H groups in total. The minimum Gasteiger partial charge on any atom is -0.361 e. The smallest absolute Gasteiger partial charge is 0.273 e. The number of hydrogen-bond acceptors (Lipinski definition) is 6. The number of aryl methyl sites for hydroxylation is 2. The Bertz CT molecular complexity index is 692. The van der Waals surface area contributed by atoms with Crippen LogP contribution < -0.4 is 10.2 Å². The van der Waals surface area contributed by atoms with E-state index in [1.807, 2.05) is 13.0 Å². The van der Waals surface area contributed by atoms with Crippen LogP contribution in [0.4, 0.5) is 5.82 Å². The van der Waals surface area contributed by atoms with Crippen LogP contribution in [0.3, 0.4) is 0 Å². The van der Waals surface area contributed by atoms with Crippen molar-refractivity contribution in [1.82, 2.24) is 20.4 Å². The number of carbonyl (C=O) groups is 1. The van der Waals surface area contributed by atoms with Crippen LogP contribution in [-0.2, 0) is 6.54 Å². The maximum absolute atomic E-state index is 12.0. The summed E-state index contributed by atoms with van der Waals surface area (Å²) in [7, 11) is 0. The third-order valence-corrected chi connectivity index (χ3v) is 3.83. The topological polar surface area (TPSA) is 84.2 Å². The molecule has 1 saturated heterocycles. The van der Waals surface area contributed by atoms with Gasteiger partial charge in [0.2, 0.25) is 0 Å². The molecule has 0 bridgehead atoms. The zero-order valence-corrected chi connectivity index (χ0v) is 13.5. The Labute approximate surface area is 135 Å². The van der Waals surface area contributed by atoms with Crippen molar-refractivity contribution in [2.24, 2.45) is 0 Å². The van der Waals surface area contributed by atoms with Crippen molar-refractivity contribution in [3.8, 4) is 0 Å². The Morgan fingerprint density at radius 3 is 2.70 bits per heavy atom. The molecular formula is C16H21N5O2. The van der Waals surface area contributed by atoms with E-state index in [1.54, 1.807) is 13.0 Å². The molecule has 0 saturated carbocycles. The van der Waals surface area contributed by atoms with Crippen LogP contribution in [0.5, 0.6) is 0 Å². The SMILES string of the molecule is Cc1cc(N2CCCCC2)nc(CNC(=O)c2cc(C)on2)n1.